The van der Waals surface area contributed by atoms with Crippen LogP contribution >= 0.6 is 23.2 Å². The van der Waals surface area contributed by atoms with E-state index in [0.29, 0.717) is 16.6 Å². The van der Waals surface area contributed by atoms with Crippen LogP contribution in [0.4, 0.5) is 5.69 Å². The third-order valence-electron chi connectivity index (χ3n) is 2.21. The van der Waals surface area contributed by atoms with Crippen molar-refractivity contribution >= 4 is 34.8 Å². The van der Waals surface area contributed by atoms with Crippen molar-refractivity contribution in [2.75, 3.05) is 25.5 Å². The molecule has 0 aromatic heterocycles. The molecule has 3 nitrogen and oxygen atoms in total. The maximum atomic E-state index is 11.5. The fraction of sp³-hybridized carbons (Fsp3) is 0.364. The number of hydrogen-bond donors (Lipinski definition) is 1. The topological polar surface area (TPSA) is 32.3 Å². The molecule has 1 rings (SSSR count). The Labute approximate surface area is 105 Å². The van der Waals surface area contributed by atoms with Crippen molar-refractivity contribution in [2.45, 2.75) is 6.92 Å². The van der Waals surface area contributed by atoms with Crippen LogP contribution in [0.1, 0.15) is 6.92 Å². The van der Waals surface area contributed by atoms with Gasteiger partial charge < -0.3 is 10.2 Å². The van der Waals surface area contributed by atoms with Gasteiger partial charge in [-0.1, -0.05) is 23.2 Å². The second kappa shape index (κ2) is 5.97. The highest BCUT2D eigenvalue weighted by Crippen LogP contribution is 2.22. The Morgan fingerprint density at radius 1 is 1.31 bits per heavy atom. The molecule has 0 radical (unpaired) electrons. The Hall–Kier alpha value is -0.930. The van der Waals surface area contributed by atoms with Gasteiger partial charge in [0.05, 0.1) is 6.54 Å². The van der Waals surface area contributed by atoms with Gasteiger partial charge in [-0.2, -0.15) is 0 Å². The van der Waals surface area contributed by atoms with Gasteiger partial charge in [0, 0.05) is 29.3 Å². The summed E-state index contributed by atoms with van der Waals surface area (Å²) in [5.41, 5.74) is 0.746. The summed E-state index contributed by atoms with van der Waals surface area (Å²) in [6, 6.07) is 5.10. The van der Waals surface area contributed by atoms with Crippen molar-refractivity contribution in [3.63, 3.8) is 0 Å². The summed E-state index contributed by atoms with van der Waals surface area (Å²) in [5, 5.41) is 4.08. The summed E-state index contributed by atoms with van der Waals surface area (Å²) in [6.07, 6.45) is 0. The standard InChI is InChI=1S/C11H14Cl2N2O/c1-3-15(2)11(16)7-14-10-5-8(12)4-9(13)6-10/h4-6,14H,3,7H2,1-2H3. The highest BCUT2D eigenvalue weighted by molar-refractivity contribution is 6.35. The number of hydrogen-bond acceptors (Lipinski definition) is 2. The number of amides is 1. The van der Waals surface area contributed by atoms with Crippen LogP contribution in [0.5, 0.6) is 0 Å². The third-order valence-corrected chi connectivity index (χ3v) is 2.64. The summed E-state index contributed by atoms with van der Waals surface area (Å²) < 4.78 is 0. The van der Waals surface area contributed by atoms with E-state index in [2.05, 4.69) is 5.32 Å². The largest absolute Gasteiger partial charge is 0.376 e. The smallest absolute Gasteiger partial charge is 0.241 e. The highest BCUT2D eigenvalue weighted by atomic mass is 35.5. The lowest BCUT2D eigenvalue weighted by molar-refractivity contribution is -0.127. The van der Waals surface area contributed by atoms with Gasteiger partial charge in [-0.15, -0.1) is 0 Å². The first-order valence-corrected chi connectivity index (χ1v) is 5.72. The van der Waals surface area contributed by atoms with Gasteiger partial charge in [0.25, 0.3) is 0 Å². The number of carbonyl (C=O) groups is 1. The molecule has 0 spiro atoms. The number of halogens is 2. The first-order valence-electron chi connectivity index (χ1n) is 4.97. The van der Waals surface area contributed by atoms with Gasteiger partial charge >= 0.3 is 0 Å². The fourth-order valence-corrected chi connectivity index (χ4v) is 1.67. The van der Waals surface area contributed by atoms with Crippen molar-refractivity contribution in [1.82, 2.24) is 4.90 Å². The molecule has 0 aliphatic carbocycles. The summed E-state index contributed by atoms with van der Waals surface area (Å²) in [4.78, 5) is 13.2. The number of carbonyl (C=O) groups excluding carboxylic acids is 1. The van der Waals surface area contributed by atoms with Crippen LogP contribution in [0.2, 0.25) is 10.0 Å². The molecule has 88 valence electrons. The van der Waals surface area contributed by atoms with Crippen molar-refractivity contribution in [2.24, 2.45) is 0 Å². The second-order valence-corrected chi connectivity index (χ2v) is 4.29. The van der Waals surface area contributed by atoms with Crippen LogP contribution in [0.25, 0.3) is 0 Å². The van der Waals surface area contributed by atoms with Crippen LogP contribution in [-0.2, 0) is 4.79 Å². The van der Waals surface area contributed by atoms with E-state index in [-0.39, 0.29) is 12.5 Å². The Balaban J connectivity index is 2.58. The fourth-order valence-electron chi connectivity index (χ4n) is 1.14. The molecule has 1 aromatic rings. The first-order chi connectivity index (χ1) is 7.52. The minimum atomic E-state index is 0.0265. The summed E-state index contributed by atoms with van der Waals surface area (Å²) in [6.45, 7) is 2.85. The molecule has 1 aromatic carbocycles. The molecule has 0 fully saturated rings. The highest BCUT2D eigenvalue weighted by Gasteiger charge is 2.06. The summed E-state index contributed by atoms with van der Waals surface area (Å²) >= 11 is 11.7. The molecule has 0 aliphatic heterocycles. The van der Waals surface area contributed by atoms with Gasteiger partial charge in [0.15, 0.2) is 0 Å². The zero-order chi connectivity index (χ0) is 12.1. The SMILES string of the molecule is CCN(C)C(=O)CNc1cc(Cl)cc(Cl)c1. The monoisotopic (exact) mass is 260 g/mol. The molecular formula is C11H14Cl2N2O. The van der Waals surface area contributed by atoms with Crippen LogP contribution in [0, 0.1) is 0 Å². The second-order valence-electron chi connectivity index (χ2n) is 3.42. The van der Waals surface area contributed by atoms with Crippen molar-refractivity contribution < 1.29 is 4.79 Å². The summed E-state index contributed by atoms with van der Waals surface area (Å²) in [7, 11) is 1.76. The predicted octanol–water partition coefficient (Wildman–Crippen LogP) is 2.88. The summed E-state index contributed by atoms with van der Waals surface area (Å²) in [5.74, 6) is 0.0265. The molecule has 0 saturated heterocycles. The quantitative estimate of drug-likeness (QED) is 0.903. The van der Waals surface area contributed by atoms with E-state index in [4.69, 9.17) is 23.2 Å². The molecule has 0 aliphatic rings. The van der Waals surface area contributed by atoms with E-state index in [0.717, 1.165) is 5.69 Å². The normalized spacial score (nSPS) is 10.0. The van der Waals surface area contributed by atoms with Gasteiger partial charge in [-0.25, -0.2) is 0 Å². The molecule has 5 heteroatoms. The lowest BCUT2D eigenvalue weighted by Gasteiger charge is -2.15. The van der Waals surface area contributed by atoms with Crippen LogP contribution in [0.3, 0.4) is 0 Å². The molecule has 1 N–H and O–H groups in total. The van der Waals surface area contributed by atoms with E-state index in [1.807, 2.05) is 6.92 Å². The van der Waals surface area contributed by atoms with E-state index < -0.39 is 0 Å². The zero-order valence-electron chi connectivity index (χ0n) is 9.26. The first kappa shape index (κ1) is 13.1. The number of anilines is 1. The van der Waals surface area contributed by atoms with Gasteiger partial charge in [0.2, 0.25) is 5.91 Å². The van der Waals surface area contributed by atoms with Crippen molar-refractivity contribution in [1.29, 1.82) is 0 Å². The molecule has 16 heavy (non-hydrogen) atoms. The molecule has 1 amide bonds. The maximum Gasteiger partial charge on any atom is 0.241 e. The van der Waals surface area contributed by atoms with Crippen LogP contribution in [0.15, 0.2) is 18.2 Å². The Kier molecular flexibility index (Phi) is 4.90. The predicted molar refractivity (Wildman–Crippen MR) is 68.3 cm³/mol. The number of benzene rings is 1. The number of nitrogens with zero attached hydrogens (tertiary/aromatic N) is 1. The van der Waals surface area contributed by atoms with Crippen LogP contribution in [-0.4, -0.2) is 30.9 Å². The Morgan fingerprint density at radius 2 is 1.88 bits per heavy atom. The van der Waals surface area contributed by atoms with Crippen molar-refractivity contribution in [3.8, 4) is 0 Å². The van der Waals surface area contributed by atoms with E-state index in [1.54, 1.807) is 30.1 Å². The zero-order valence-corrected chi connectivity index (χ0v) is 10.8. The van der Waals surface area contributed by atoms with E-state index >= 15 is 0 Å². The molecular weight excluding hydrogens is 247 g/mol. The van der Waals surface area contributed by atoms with Crippen molar-refractivity contribution in [3.05, 3.63) is 28.2 Å². The van der Waals surface area contributed by atoms with Gasteiger partial charge in [0.1, 0.15) is 0 Å². The Bertz CT molecular complexity index is 362. The minimum absolute atomic E-state index is 0.0265. The minimum Gasteiger partial charge on any atom is -0.376 e. The average Bonchev–Trinajstić information content (AvgIpc) is 2.23. The molecule has 0 unspecified atom stereocenters. The molecule has 0 heterocycles. The molecule has 0 saturated carbocycles. The van der Waals surface area contributed by atoms with Crippen LogP contribution < -0.4 is 5.32 Å². The third kappa shape index (κ3) is 3.91. The Morgan fingerprint density at radius 3 is 2.38 bits per heavy atom. The van der Waals surface area contributed by atoms with E-state index in [9.17, 15) is 4.79 Å². The van der Waals surface area contributed by atoms with Gasteiger partial charge in [-0.05, 0) is 25.1 Å². The molecule has 0 atom stereocenters. The number of rotatable bonds is 4. The average molecular weight is 261 g/mol. The number of nitrogens with one attached hydrogen (secondary N) is 1. The molecule has 0 bridgehead atoms. The van der Waals surface area contributed by atoms with E-state index in [1.165, 1.54) is 0 Å². The lowest BCUT2D eigenvalue weighted by atomic mass is 10.3. The lowest BCUT2D eigenvalue weighted by Crippen LogP contribution is -2.31. The maximum absolute atomic E-state index is 11.5. The number of likely N-dealkylation sites (N-methyl/N-ethyl adjacent to an activating group) is 1. The van der Waals surface area contributed by atoms with Gasteiger partial charge in [-0.3, -0.25) is 4.79 Å².